The van der Waals surface area contributed by atoms with Crippen LogP contribution >= 0.6 is 0 Å². The first-order valence-electron chi connectivity index (χ1n) is 9.23. The number of benzene rings is 2. The van der Waals surface area contributed by atoms with Crippen LogP contribution in [0.2, 0.25) is 0 Å². The lowest BCUT2D eigenvalue weighted by Crippen LogP contribution is -2.28. The van der Waals surface area contributed by atoms with Gasteiger partial charge in [-0.15, -0.1) is 0 Å². The lowest BCUT2D eigenvalue weighted by atomic mass is 10.0. The molecule has 0 unspecified atom stereocenters. The van der Waals surface area contributed by atoms with Gasteiger partial charge in [0.05, 0.1) is 4.90 Å². The summed E-state index contributed by atoms with van der Waals surface area (Å²) in [5, 5.41) is 8.71. The molecule has 0 bridgehead atoms. The van der Waals surface area contributed by atoms with E-state index < -0.39 is 21.6 Å². The third-order valence-corrected chi connectivity index (χ3v) is 6.81. The number of carboxylic acid groups (broad SMARTS) is 1. The van der Waals surface area contributed by atoms with Crippen molar-refractivity contribution in [1.29, 1.82) is 0 Å². The van der Waals surface area contributed by atoms with Crippen molar-refractivity contribution in [2.45, 2.75) is 37.1 Å². The Kier molecular flexibility index (Phi) is 5.97. The van der Waals surface area contributed by atoms with Gasteiger partial charge in [-0.25, -0.2) is 8.42 Å². The smallest absolute Gasteiger partial charge is 0.319 e. The summed E-state index contributed by atoms with van der Waals surface area (Å²) in [5.41, 5.74) is 3.21. The van der Waals surface area contributed by atoms with Crippen LogP contribution in [0.1, 0.15) is 25.3 Å². The Morgan fingerprint density at radius 3 is 2.19 bits per heavy atom. The molecule has 1 fully saturated rings. The first-order chi connectivity index (χ1) is 12.8. The molecule has 1 N–H and O–H groups in total. The largest absolute Gasteiger partial charge is 0.480 e. The Morgan fingerprint density at radius 1 is 1.07 bits per heavy atom. The molecule has 1 heterocycles. The molecule has 27 heavy (non-hydrogen) atoms. The summed E-state index contributed by atoms with van der Waals surface area (Å²) in [6, 6.07) is 15.4. The van der Waals surface area contributed by atoms with Crippen LogP contribution in [-0.2, 0) is 21.1 Å². The number of hydrogen-bond donors (Lipinski definition) is 1. The van der Waals surface area contributed by atoms with E-state index in [0.717, 1.165) is 24.1 Å². The zero-order chi connectivity index (χ0) is 19.4. The lowest BCUT2D eigenvalue weighted by molar-refractivity contribution is -0.134. The highest BCUT2D eigenvalue weighted by Gasteiger charge is 2.20. The maximum absolute atomic E-state index is 12.0. The number of carbonyl (C=O) groups is 1. The average Bonchev–Trinajstić information content (AvgIpc) is 3.04. The van der Waals surface area contributed by atoms with Gasteiger partial charge in [0.15, 0.2) is 15.6 Å². The van der Waals surface area contributed by atoms with Gasteiger partial charge in [0.25, 0.3) is 0 Å². The van der Waals surface area contributed by atoms with Crippen LogP contribution in [0.4, 0.5) is 0 Å². The van der Waals surface area contributed by atoms with Crippen molar-refractivity contribution in [1.82, 2.24) is 4.90 Å². The average molecular weight is 388 g/mol. The van der Waals surface area contributed by atoms with Gasteiger partial charge in [-0.05, 0) is 61.6 Å². The molecule has 1 aliphatic heterocycles. The van der Waals surface area contributed by atoms with Crippen LogP contribution in [0.25, 0.3) is 11.1 Å². The summed E-state index contributed by atoms with van der Waals surface area (Å²) in [4.78, 5) is 13.2. The summed E-state index contributed by atoms with van der Waals surface area (Å²) >= 11 is 0. The van der Waals surface area contributed by atoms with Gasteiger partial charge >= 0.3 is 5.97 Å². The Balaban J connectivity index is 1.65. The maximum Gasteiger partial charge on any atom is 0.319 e. The first-order valence-corrected chi connectivity index (χ1v) is 10.9. The van der Waals surface area contributed by atoms with E-state index in [1.165, 1.54) is 37.1 Å². The van der Waals surface area contributed by atoms with Gasteiger partial charge < -0.3 is 10.0 Å². The number of carboxylic acids is 1. The second-order valence-corrected chi connectivity index (χ2v) is 9.14. The maximum atomic E-state index is 12.0. The Morgan fingerprint density at radius 2 is 1.67 bits per heavy atom. The number of aliphatic carboxylic acids is 1. The fourth-order valence-corrected chi connectivity index (χ4v) is 4.60. The van der Waals surface area contributed by atoms with Crippen LogP contribution in [-0.4, -0.2) is 49.3 Å². The summed E-state index contributed by atoms with van der Waals surface area (Å²) < 4.78 is 23.9. The normalized spacial score (nSPS) is 17.9. The van der Waals surface area contributed by atoms with E-state index in [-0.39, 0.29) is 4.90 Å². The van der Waals surface area contributed by atoms with E-state index in [1.807, 2.05) is 12.1 Å². The van der Waals surface area contributed by atoms with E-state index in [1.54, 1.807) is 12.1 Å². The second-order valence-electron chi connectivity index (χ2n) is 7.15. The second kappa shape index (κ2) is 8.23. The molecule has 5 nitrogen and oxygen atoms in total. The molecule has 0 radical (unpaired) electrons. The minimum atomic E-state index is -3.79. The minimum Gasteiger partial charge on any atom is -0.480 e. The van der Waals surface area contributed by atoms with Crippen molar-refractivity contribution in [2.75, 3.05) is 18.8 Å². The molecule has 0 saturated carbocycles. The molecule has 1 aliphatic rings. The van der Waals surface area contributed by atoms with Gasteiger partial charge in [0, 0.05) is 12.6 Å². The minimum absolute atomic E-state index is 0.0324. The zero-order valence-corrected chi connectivity index (χ0v) is 16.3. The van der Waals surface area contributed by atoms with Crippen molar-refractivity contribution in [3.8, 4) is 11.1 Å². The summed E-state index contributed by atoms with van der Waals surface area (Å²) in [7, 11) is -3.79. The topological polar surface area (TPSA) is 74.7 Å². The molecular formula is C21H25NO4S. The van der Waals surface area contributed by atoms with Gasteiger partial charge in [0.1, 0.15) is 0 Å². The van der Waals surface area contributed by atoms with Gasteiger partial charge in [0.2, 0.25) is 0 Å². The highest BCUT2D eigenvalue weighted by molar-refractivity contribution is 7.92. The highest BCUT2D eigenvalue weighted by Crippen LogP contribution is 2.23. The van der Waals surface area contributed by atoms with Crippen molar-refractivity contribution in [2.24, 2.45) is 0 Å². The van der Waals surface area contributed by atoms with Gasteiger partial charge in [-0.3, -0.25) is 4.79 Å². The molecule has 0 aliphatic carbocycles. The summed E-state index contributed by atoms with van der Waals surface area (Å²) in [6.07, 6.45) is 3.60. The van der Waals surface area contributed by atoms with Crippen molar-refractivity contribution >= 4 is 15.8 Å². The number of hydrogen-bond acceptors (Lipinski definition) is 4. The van der Waals surface area contributed by atoms with Crippen LogP contribution in [0, 0.1) is 0 Å². The number of nitrogens with zero attached hydrogens (tertiary/aromatic N) is 1. The van der Waals surface area contributed by atoms with Crippen LogP contribution in [0.5, 0.6) is 0 Å². The number of likely N-dealkylation sites (tertiary alicyclic amines) is 1. The molecular weight excluding hydrogens is 362 g/mol. The molecule has 0 aromatic heterocycles. The van der Waals surface area contributed by atoms with Gasteiger partial charge in [-0.2, -0.15) is 0 Å². The molecule has 2 aromatic carbocycles. The third-order valence-electron chi connectivity index (χ3n) is 5.19. The molecule has 1 saturated heterocycles. The van der Waals surface area contributed by atoms with Crippen molar-refractivity contribution < 1.29 is 18.3 Å². The lowest BCUT2D eigenvalue weighted by Gasteiger charge is -2.20. The molecule has 6 heteroatoms. The number of sulfone groups is 1. The summed E-state index contributed by atoms with van der Waals surface area (Å²) in [5.74, 6) is -2.24. The molecule has 0 amide bonds. The Labute approximate surface area is 160 Å². The molecule has 2 aromatic rings. The highest BCUT2D eigenvalue weighted by atomic mass is 32.2. The predicted molar refractivity (Wildman–Crippen MR) is 106 cm³/mol. The van der Waals surface area contributed by atoms with E-state index in [2.05, 4.69) is 24.0 Å². The third kappa shape index (κ3) is 4.96. The van der Waals surface area contributed by atoms with Crippen molar-refractivity contribution in [3.63, 3.8) is 0 Å². The molecule has 0 spiro atoms. The van der Waals surface area contributed by atoms with Crippen LogP contribution in [0.15, 0.2) is 53.4 Å². The number of rotatable bonds is 7. The predicted octanol–water partition coefficient (Wildman–Crippen LogP) is 3.24. The Bertz CT molecular complexity index is 889. The van der Waals surface area contributed by atoms with E-state index in [0.29, 0.717) is 6.04 Å². The zero-order valence-electron chi connectivity index (χ0n) is 15.5. The fraction of sp³-hybridized carbons (Fsp3) is 0.381. The van der Waals surface area contributed by atoms with Crippen molar-refractivity contribution in [3.05, 3.63) is 54.1 Å². The standard InChI is InChI=1S/C21H25NO4S/c1-16-3-2-13-22(16)14-12-17-4-6-18(7-5-17)19-8-10-20(11-9-19)27(25,26)15-21(23)24/h4-11,16H,2-3,12-15H2,1H3,(H,23,24)/t16-/m1/s1. The van der Waals surface area contributed by atoms with E-state index in [4.69, 9.17) is 5.11 Å². The quantitative estimate of drug-likeness (QED) is 0.789. The molecule has 144 valence electrons. The van der Waals surface area contributed by atoms with Gasteiger partial charge in [-0.1, -0.05) is 36.4 Å². The molecule has 3 rings (SSSR count). The monoisotopic (exact) mass is 387 g/mol. The van der Waals surface area contributed by atoms with Crippen LogP contribution < -0.4 is 0 Å². The summed E-state index contributed by atoms with van der Waals surface area (Å²) in [6.45, 7) is 4.56. The van der Waals surface area contributed by atoms with Crippen LogP contribution in [0.3, 0.4) is 0 Å². The SMILES string of the molecule is C[C@@H]1CCCN1CCc1ccc(-c2ccc(S(=O)(=O)CC(=O)O)cc2)cc1. The fourth-order valence-electron chi connectivity index (χ4n) is 3.56. The van der Waals surface area contributed by atoms with E-state index in [9.17, 15) is 13.2 Å². The molecule has 1 atom stereocenters. The van der Waals surface area contributed by atoms with E-state index >= 15 is 0 Å². The first kappa shape index (κ1) is 19.6. The Hall–Kier alpha value is -2.18.